The number of rotatable bonds is 10. The zero-order valence-electron chi connectivity index (χ0n) is 12.5. The first kappa shape index (κ1) is 17.3. The third kappa shape index (κ3) is 8.06. The van der Waals surface area contributed by atoms with Gasteiger partial charge in [-0.3, -0.25) is 0 Å². The molecule has 1 unspecified atom stereocenters. The van der Waals surface area contributed by atoms with E-state index in [9.17, 15) is 0 Å². The van der Waals surface area contributed by atoms with Crippen molar-refractivity contribution in [2.45, 2.75) is 52.5 Å². The maximum absolute atomic E-state index is 5.74. The standard InChI is InChI=1S/C14H32N2S/c1-6-13(11-17-5)16(4)10-8-7-9-14(2,3)12-15/h13H,6-12,15H2,1-5H3. The van der Waals surface area contributed by atoms with Crippen molar-refractivity contribution in [3.63, 3.8) is 0 Å². The molecule has 0 aromatic carbocycles. The normalized spacial score (nSPS) is 14.3. The van der Waals surface area contributed by atoms with Crippen molar-refractivity contribution < 1.29 is 0 Å². The van der Waals surface area contributed by atoms with Gasteiger partial charge in [0, 0.05) is 11.8 Å². The Labute approximate surface area is 113 Å². The minimum absolute atomic E-state index is 0.321. The van der Waals surface area contributed by atoms with Crippen LogP contribution in [0.2, 0.25) is 0 Å². The van der Waals surface area contributed by atoms with E-state index < -0.39 is 0 Å². The van der Waals surface area contributed by atoms with E-state index >= 15 is 0 Å². The Morgan fingerprint density at radius 1 is 1.29 bits per heavy atom. The summed E-state index contributed by atoms with van der Waals surface area (Å²) in [4.78, 5) is 2.52. The predicted molar refractivity (Wildman–Crippen MR) is 81.8 cm³/mol. The first-order valence-electron chi connectivity index (χ1n) is 6.86. The molecule has 0 rings (SSSR count). The lowest BCUT2D eigenvalue weighted by molar-refractivity contribution is 0.241. The number of unbranched alkanes of at least 4 members (excludes halogenated alkanes) is 1. The van der Waals surface area contributed by atoms with Crippen LogP contribution in [0.4, 0.5) is 0 Å². The van der Waals surface area contributed by atoms with E-state index in [1.165, 1.54) is 38.0 Å². The zero-order chi connectivity index (χ0) is 13.3. The SMILES string of the molecule is CCC(CSC)N(C)CCCCC(C)(C)CN. The van der Waals surface area contributed by atoms with Crippen LogP contribution in [0, 0.1) is 5.41 Å². The van der Waals surface area contributed by atoms with Gasteiger partial charge in [-0.15, -0.1) is 0 Å². The van der Waals surface area contributed by atoms with Crippen molar-refractivity contribution in [3.05, 3.63) is 0 Å². The van der Waals surface area contributed by atoms with E-state index in [2.05, 4.69) is 39.0 Å². The van der Waals surface area contributed by atoms with Gasteiger partial charge in [0.1, 0.15) is 0 Å². The summed E-state index contributed by atoms with van der Waals surface area (Å²) in [5, 5.41) is 0. The van der Waals surface area contributed by atoms with Gasteiger partial charge in [0.15, 0.2) is 0 Å². The van der Waals surface area contributed by atoms with Gasteiger partial charge in [-0.05, 0) is 51.1 Å². The summed E-state index contributed by atoms with van der Waals surface area (Å²) in [5.74, 6) is 1.25. The summed E-state index contributed by atoms with van der Waals surface area (Å²) in [7, 11) is 2.26. The minimum Gasteiger partial charge on any atom is -0.330 e. The summed E-state index contributed by atoms with van der Waals surface area (Å²) >= 11 is 1.95. The average Bonchev–Trinajstić information content (AvgIpc) is 2.31. The molecule has 0 aliphatic heterocycles. The molecule has 0 radical (unpaired) electrons. The van der Waals surface area contributed by atoms with Crippen molar-refractivity contribution in [2.75, 3.05) is 32.1 Å². The molecule has 104 valence electrons. The number of hydrogen-bond acceptors (Lipinski definition) is 3. The van der Waals surface area contributed by atoms with Gasteiger partial charge in [0.25, 0.3) is 0 Å². The number of thioether (sulfide) groups is 1. The quantitative estimate of drug-likeness (QED) is 0.612. The molecule has 0 bridgehead atoms. The molecule has 0 aromatic heterocycles. The largest absolute Gasteiger partial charge is 0.330 e. The Bertz CT molecular complexity index is 183. The summed E-state index contributed by atoms with van der Waals surface area (Å²) in [6.45, 7) is 8.83. The van der Waals surface area contributed by atoms with Crippen molar-refractivity contribution in [2.24, 2.45) is 11.1 Å². The van der Waals surface area contributed by atoms with E-state index in [1.807, 2.05) is 11.8 Å². The van der Waals surface area contributed by atoms with Crippen LogP contribution in [-0.2, 0) is 0 Å². The van der Waals surface area contributed by atoms with Crippen LogP contribution in [0.25, 0.3) is 0 Å². The molecule has 2 N–H and O–H groups in total. The topological polar surface area (TPSA) is 29.3 Å². The van der Waals surface area contributed by atoms with Crippen LogP contribution in [0.15, 0.2) is 0 Å². The third-order valence-corrected chi connectivity index (χ3v) is 4.34. The van der Waals surface area contributed by atoms with Crippen molar-refractivity contribution >= 4 is 11.8 Å². The van der Waals surface area contributed by atoms with Crippen LogP contribution in [0.5, 0.6) is 0 Å². The van der Waals surface area contributed by atoms with E-state index in [0.29, 0.717) is 5.41 Å². The number of hydrogen-bond donors (Lipinski definition) is 1. The Balaban J connectivity index is 3.73. The zero-order valence-corrected chi connectivity index (χ0v) is 13.3. The summed E-state index contributed by atoms with van der Waals surface area (Å²) in [6, 6.07) is 0.743. The van der Waals surface area contributed by atoms with Gasteiger partial charge in [-0.25, -0.2) is 0 Å². The van der Waals surface area contributed by atoms with Crippen LogP contribution >= 0.6 is 11.8 Å². The molecule has 0 saturated heterocycles. The first-order chi connectivity index (χ1) is 7.96. The van der Waals surface area contributed by atoms with Crippen molar-refractivity contribution in [1.29, 1.82) is 0 Å². The third-order valence-electron chi connectivity index (χ3n) is 3.62. The van der Waals surface area contributed by atoms with Gasteiger partial charge in [0.2, 0.25) is 0 Å². The van der Waals surface area contributed by atoms with Crippen LogP contribution in [-0.4, -0.2) is 43.1 Å². The van der Waals surface area contributed by atoms with Gasteiger partial charge in [0.05, 0.1) is 0 Å². The molecule has 3 heteroatoms. The second-order valence-electron chi connectivity index (χ2n) is 5.82. The van der Waals surface area contributed by atoms with Crippen molar-refractivity contribution in [1.82, 2.24) is 4.90 Å². The van der Waals surface area contributed by atoms with Gasteiger partial charge < -0.3 is 10.6 Å². The summed E-state index contributed by atoms with van der Waals surface area (Å²) in [6.07, 6.45) is 7.29. The fourth-order valence-corrected chi connectivity index (χ4v) is 2.87. The van der Waals surface area contributed by atoms with E-state index in [1.54, 1.807) is 0 Å². The molecule has 0 heterocycles. The highest BCUT2D eigenvalue weighted by atomic mass is 32.2. The summed E-state index contributed by atoms with van der Waals surface area (Å²) in [5.41, 5.74) is 6.07. The second kappa shape index (κ2) is 9.23. The highest BCUT2D eigenvalue weighted by Gasteiger charge is 2.15. The van der Waals surface area contributed by atoms with Gasteiger partial charge in [-0.2, -0.15) is 11.8 Å². The molecule has 0 spiro atoms. The Morgan fingerprint density at radius 3 is 2.41 bits per heavy atom. The minimum atomic E-state index is 0.321. The molecule has 0 aromatic rings. The lowest BCUT2D eigenvalue weighted by atomic mass is 9.87. The molecule has 0 fully saturated rings. The van der Waals surface area contributed by atoms with E-state index in [0.717, 1.165) is 12.6 Å². The molecular formula is C14H32N2S. The van der Waals surface area contributed by atoms with Crippen LogP contribution < -0.4 is 5.73 Å². The van der Waals surface area contributed by atoms with Crippen molar-refractivity contribution in [3.8, 4) is 0 Å². The average molecular weight is 260 g/mol. The second-order valence-corrected chi connectivity index (χ2v) is 6.73. The Kier molecular flexibility index (Phi) is 9.38. The lowest BCUT2D eigenvalue weighted by Gasteiger charge is -2.27. The van der Waals surface area contributed by atoms with Gasteiger partial charge in [-0.1, -0.05) is 27.2 Å². The lowest BCUT2D eigenvalue weighted by Crippen LogP contribution is -2.34. The molecule has 0 aliphatic rings. The summed E-state index contributed by atoms with van der Waals surface area (Å²) < 4.78 is 0. The highest BCUT2D eigenvalue weighted by Crippen LogP contribution is 2.21. The molecule has 2 nitrogen and oxygen atoms in total. The van der Waals surface area contributed by atoms with E-state index in [-0.39, 0.29) is 0 Å². The maximum Gasteiger partial charge on any atom is 0.0180 e. The molecule has 0 amide bonds. The smallest absolute Gasteiger partial charge is 0.0180 e. The van der Waals surface area contributed by atoms with E-state index in [4.69, 9.17) is 5.73 Å². The Hall–Kier alpha value is 0.270. The Morgan fingerprint density at radius 2 is 1.94 bits per heavy atom. The number of nitrogens with two attached hydrogens (primary N) is 1. The fraction of sp³-hybridized carbons (Fsp3) is 1.00. The maximum atomic E-state index is 5.74. The van der Waals surface area contributed by atoms with Crippen LogP contribution in [0.1, 0.15) is 46.5 Å². The highest BCUT2D eigenvalue weighted by molar-refractivity contribution is 7.98. The molecular weight excluding hydrogens is 228 g/mol. The van der Waals surface area contributed by atoms with Gasteiger partial charge >= 0.3 is 0 Å². The number of nitrogens with zero attached hydrogens (tertiary/aromatic N) is 1. The molecule has 1 atom stereocenters. The van der Waals surface area contributed by atoms with Crippen LogP contribution in [0.3, 0.4) is 0 Å². The monoisotopic (exact) mass is 260 g/mol. The first-order valence-corrected chi connectivity index (χ1v) is 8.25. The molecule has 17 heavy (non-hydrogen) atoms. The predicted octanol–water partition coefficient (Wildman–Crippen LogP) is 3.22. The molecule has 0 aliphatic carbocycles. The molecule has 0 saturated carbocycles. The fourth-order valence-electron chi connectivity index (χ4n) is 2.00.